The molecule has 3 aromatic carbocycles. The van der Waals surface area contributed by atoms with Crippen LogP contribution in [0.3, 0.4) is 0 Å². The Morgan fingerprint density at radius 2 is 1.47 bits per heavy atom. The smallest absolute Gasteiger partial charge is 0.272 e. The van der Waals surface area contributed by atoms with Crippen LogP contribution in [0, 0.1) is 17.5 Å². The summed E-state index contributed by atoms with van der Waals surface area (Å²) in [5.74, 6) is -4.15. The zero-order valence-electron chi connectivity index (χ0n) is 16.4. The Labute approximate surface area is 172 Å². The van der Waals surface area contributed by atoms with Crippen molar-refractivity contribution in [2.45, 2.75) is 32.6 Å². The van der Waals surface area contributed by atoms with E-state index in [0.717, 1.165) is 37.0 Å². The molecule has 0 saturated heterocycles. The Hall–Kier alpha value is -2.89. The number of rotatable bonds is 8. The van der Waals surface area contributed by atoms with E-state index < -0.39 is 36.2 Å². The number of alkyl halides is 2. The van der Waals surface area contributed by atoms with Crippen molar-refractivity contribution < 1.29 is 26.7 Å². The van der Waals surface area contributed by atoms with Crippen molar-refractivity contribution in [2.75, 3.05) is 6.61 Å². The maximum Gasteiger partial charge on any atom is 0.272 e. The van der Waals surface area contributed by atoms with Gasteiger partial charge in [0.15, 0.2) is 11.6 Å². The SMILES string of the molecule is CCCCc1ccc(-c2ccc(-c3ccc(OCC(F)F)c(F)c3F)c(F)c2)cc1. The van der Waals surface area contributed by atoms with Crippen LogP contribution in [-0.4, -0.2) is 13.0 Å². The van der Waals surface area contributed by atoms with Crippen molar-refractivity contribution >= 4 is 0 Å². The molecule has 0 aliphatic heterocycles. The molecule has 0 unspecified atom stereocenters. The number of ether oxygens (including phenoxy) is 1. The zero-order chi connectivity index (χ0) is 21.7. The van der Waals surface area contributed by atoms with Gasteiger partial charge in [-0.2, -0.15) is 4.39 Å². The molecule has 3 rings (SSSR count). The van der Waals surface area contributed by atoms with E-state index in [1.807, 2.05) is 24.3 Å². The van der Waals surface area contributed by atoms with Crippen molar-refractivity contribution in [3.63, 3.8) is 0 Å². The summed E-state index contributed by atoms with van der Waals surface area (Å²) < 4.78 is 72.2. The molecule has 0 heterocycles. The van der Waals surface area contributed by atoms with Crippen molar-refractivity contribution in [2.24, 2.45) is 0 Å². The van der Waals surface area contributed by atoms with Crippen LogP contribution in [-0.2, 0) is 6.42 Å². The van der Waals surface area contributed by atoms with Crippen molar-refractivity contribution in [1.29, 1.82) is 0 Å². The molecule has 1 nitrogen and oxygen atoms in total. The van der Waals surface area contributed by atoms with E-state index >= 15 is 0 Å². The van der Waals surface area contributed by atoms with Gasteiger partial charge in [0, 0.05) is 11.1 Å². The van der Waals surface area contributed by atoms with Crippen LogP contribution in [0.5, 0.6) is 5.75 Å². The lowest BCUT2D eigenvalue weighted by molar-refractivity contribution is 0.0795. The number of hydrogen-bond donors (Lipinski definition) is 0. The van der Waals surface area contributed by atoms with Gasteiger partial charge in [0.05, 0.1) is 0 Å². The third kappa shape index (κ3) is 4.99. The van der Waals surface area contributed by atoms with E-state index in [0.29, 0.717) is 5.56 Å². The predicted octanol–water partition coefficient (Wildman–Crippen LogP) is 7.42. The highest BCUT2D eigenvalue weighted by Gasteiger charge is 2.19. The van der Waals surface area contributed by atoms with E-state index in [1.54, 1.807) is 6.07 Å². The Bertz CT molecular complexity index is 999. The van der Waals surface area contributed by atoms with Gasteiger partial charge in [0.25, 0.3) is 6.43 Å². The summed E-state index contributed by atoms with van der Waals surface area (Å²) in [5.41, 5.74) is 2.18. The van der Waals surface area contributed by atoms with Crippen LogP contribution < -0.4 is 4.74 Å². The third-order valence-electron chi connectivity index (χ3n) is 4.78. The molecule has 0 aliphatic carbocycles. The van der Waals surface area contributed by atoms with Crippen LogP contribution >= 0.6 is 0 Å². The Balaban J connectivity index is 1.86. The molecule has 0 aliphatic rings. The largest absolute Gasteiger partial charge is 0.484 e. The molecule has 3 aromatic rings. The van der Waals surface area contributed by atoms with Gasteiger partial charge in [-0.15, -0.1) is 0 Å². The first-order valence-electron chi connectivity index (χ1n) is 9.69. The quantitative estimate of drug-likeness (QED) is 0.345. The highest BCUT2D eigenvalue weighted by atomic mass is 19.3. The van der Waals surface area contributed by atoms with Gasteiger partial charge >= 0.3 is 0 Å². The minimum Gasteiger partial charge on any atom is -0.484 e. The fourth-order valence-electron chi connectivity index (χ4n) is 3.16. The molecule has 0 radical (unpaired) electrons. The molecular weight excluding hydrogens is 399 g/mol. The monoisotopic (exact) mass is 420 g/mol. The minimum atomic E-state index is -2.82. The number of halogens is 5. The zero-order valence-corrected chi connectivity index (χ0v) is 16.4. The first kappa shape index (κ1) is 21.8. The summed E-state index contributed by atoms with van der Waals surface area (Å²) in [6.45, 7) is 1.06. The summed E-state index contributed by atoms with van der Waals surface area (Å²) in [6.07, 6.45) is 0.353. The van der Waals surface area contributed by atoms with Gasteiger partial charge in [-0.1, -0.05) is 49.7 Å². The second kappa shape index (κ2) is 9.74. The van der Waals surface area contributed by atoms with Gasteiger partial charge in [0.2, 0.25) is 5.82 Å². The number of aryl methyl sites for hydroxylation is 1. The van der Waals surface area contributed by atoms with Gasteiger partial charge in [0.1, 0.15) is 12.4 Å². The van der Waals surface area contributed by atoms with Gasteiger partial charge < -0.3 is 4.74 Å². The van der Waals surface area contributed by atoms with Crippen LogP contribution in [0.4, 0.5) is 22.0 Å². The summed E-state index contributed by atoms with van der Waals surface area (Å²) in [4.78, 5) is 0. The second-order valence-electron chi connectivity index (χ2n) is 6.94. The van der Waals surface area contributed by atoms with Gasteiger partial charge in [-0.25, -0.2) is 17.6 Å². The van der Waals surface area contributed by atoms with Crippen LogP contribution in [0.2, 0.25) is 0 Å². The Morgan fingerprint density at radius 3 is 2.10 bits per heavy atom. The standard InChI is InChI=1S/C24H21F5O/c1-2-3-4-15-5-7-16(8-6-15)17-9-10-18(20(25)13-17)19-11-12-21(24(29)23(19)28)30-14-22(26)27/h5-13,22H,2-4,14H2,1H3. The molecule has 0 atom stereocenters. The van der Waals surface area contributed by atoms with E-state index in [-0.39, 0.29) is 11.1 Å². The summed E-state index contributed by atoms with van der Waals surface area (Å²) >= 11 is 0. The summed E-state index contributed by atoms with van der Waals surface area (Å²) in [6, 6.07) is 14.1. The lowest BCUT2D eigenvalue weighted by atomic mass is 9.98. The van der Waals surface area contributed by atoms with E-state index in [2.05, 4.69) is 11.7 Å². The lowest BCUT2D eigenvalue weighted by Gasteiger charge is -2.12. The third-order valence-corrected chi connectivity index (χ3v) is 4.78. The van der Waals surface area contributed by atoms with Gasteiger partial charge in [-0.3, -0.25) is 0 Å². The molecule has 0 amide bonds. The molecule has 0 fully saturated rings. The fraction of sp³-hybridized carbons (Fsp3) is 0.250. The first-order chi connectivity index (χ1) is 14.4. The first-order valence-corrected chi connectivity index (χ1v) is 9.69. The molecule has 0 N–H and O–H groups in total. The highest BCUT2D eigenvalue weighted by Crippen LogP contribution is 2.33. The lowest BCUT2D eigenvalue weighted by Crippen LogP contribution is -2.09. The molecule has 0 bridgehead atoms. The Kier molecular flexibility index (Phi) is 7.08. The number of unbranched alkanes of at least 4 members (excludes halogenated alkanes) is 1. The number of benzene rings is 3. The normalized spacial score (nSPS) is 11.2. The molecule has 30 heavy (non-hydrogen) atoms. The number of hydrogen-bond acceptors (Lipinski definition) is 1. The van der Waals surface area contributed by atoms with Crippen molar-refractivity contribution in [3.05, 3.63) is 77.6 Å². The second-order valence-corrected chi connectivity index (χ2v) is 6.94. The topological polar surface area (TPSA) is 9.23 Å². The van der Waals surface area contributed by atoms with Crippen LogP contribution in [0.1, 0.15) is 25.3 Å². The molecule has 0 saturated carbocycles. The van der Waals surface area contributed by atoms with E-state index in [1.165, 1.54) is 17.7 Å². The average Bonchev–Trinajstić information content (AvgIpc) is 2.74. The fourth-order valence-corrected chi connectivity index (χ4v) is 3.16. The molecule has 0 spiro atoms. The molecule has 0 aromatic heterocycles. The highest BCUT2D eigenvalue weighted by molar-refractivity contribution is 5.72. The van der Waals surface area contributed by atoms with Crippen molar-refractivity contribution in [3.8, 4) is 28.0 Å². The van der Waals surface area contributed by atoms with Crippen LogP contribution in [0.25, 0.3) is 22.3 Å². The van der Waals surface area contributed by atoms with E-state index in [9.17, 15) is 22.0 Å². The molecule has 158 valence electrons. The summed E-state index contributed by atoms with van der Waals surface area (Å²) in [5, 5.41) is 0. The average molecular weight is 420 g/mol. The minimum absolute atomic E-state index is 0.130. The maximum absolute atomic E-state index is 14.7. The van der Waals surface area contributed by atoms with Crippen molar-refractivity contribution in [1.82, 2.24) is 0 Å². The Morgan fingerprint density at radius 1 is 0.800 bits per heavy atom. The maximum atomic E-state index is 14.7. The van der Waals surface area contributed by atoms with E-state index in [4.69, 9.17) is 0 Å². The van der Waals surface area contributed by atoms with Gasteiger partial charge in [-0.05, 0) is 47.7 Å². The molecule has 6 heteroatoms. The molecular formula is C24H21F5O. The summed E-state index contributed by atoms with van der Waals surface area (Å²) in [7, 11) is 0. The van der Waals surface area contributed by atoms with Crippen LogP contribution in [0.15, 0.2) is 54.6 Å². The predicted molar refractivity (Wildman–Crippen MR) is 107 cm³/mol.